The molecule has 7 heteroatoms. The lowest BCUT2D eigenvalue weighted by atomic mass is 10.1. The molecule has 186 valence electrons. The topological polar surface area (TPSA) is 73.9 Å². The Morgan fingerprint density at radius 3 is 2.54 bits per heavy atom. The lowest BCUT2D eigenvalue weighted by molar-refractivity contribution is 0.0689. The molecule has 1 unspecified atom stereocenters. The summed E-state index contributed by atoms with van der Waals surface area (Å²) in [6.45, 7) is 8.41. The first-order valence-electron chi connectivity index (χ1n) is 12.6. The van der Waals surface area contributed by atoms with Crippen molar-refractivity contribution in [3.63, 3.8) is 0 Å². The summed E-state index contributed by atoms with van der Waals surface area (Å²) in [5.41, 5.74) is 6.32. The van der Waals surface area contributed by atoms with Gasteiger partial charge in [0.15, 0.2) is 5.82 Å². The summed E-state index contributed by atoms with van der Waals surface area (Å²) in [6.07, 6.45) is 4.41. The molecule has 0 saturated carbocycles. The average molecular weight is 490 g/mol. The van der Waals surface area contributed by atoms with Gasteiger partial charge < -0.3 is 0 Å². The molecule has 5 rings (SSSR count). The van der Waals surface area contributed by atoms with Gasteiger partial charge in [0.1, 0.15) is 0 Å². The highest BCUT2D eigenvalue weighted by Crippen LogP contribution is 2.29. The van der Waals surface area contributed by atoms with Crippen LogP contribution >= 0.6 is 0 Å². The largest absolute Gasteiger partial charge is 0.296 e. The zero-order valence-corrected chi connectivity index (χ0v) is 21.3. The lowest BCUT2D eigenvalue weighted by Crippen LogP contribution is -2.48. The Hall–Kier alpha value is -4.12. The van der Waals surface area contributed by atoms with Gasteiger partial charge in [-0.2, -0.15) is 9.94 Å². The third kappa shape index (κ3) is 5.67. The summed E-state index contributed by atoms with van der Waals surface area (Å²) >= 11 is 0. The van der Waals surface area contributed by atoms with Crippen LogP contribution < -0.4 is 0 Å². The summed E-state index contributed by atoms with van der Waals surface area (Å²) in [6, 6.07) is 26.8. The number of rotatable bonds is 7. The van der Waals surface area contributed by atoms with Crippen molar-refractivity contribution in [2.24, 2.45) is 0 Å². The summed E-state index contributed by atoms with van der Waals surface area (Å²) in [5.74, 6) is 0.838. The first-order valence-corrected chi connectivity index (χ1v) is 12.6. The molecule has 0 spiro atoms. The fourth-order valence-electron chi connectivity index (χ4n) is 5.05. The molecule has 0 radical (unpaired) electrons. The number of piperazine rings is 1. The Kier molecular flexibility index (Phi) is 7.50. The third-order valence-electron chi connectivity index (χ3n) is 6.93. The number of hydrogen-bond donors (Lipinski definition) is 0. The number of para-hydroxylation sites is 1. The van der Waals surface area contributed by atoms with Crippen LogP contribution in [0.3, 0.4) is 0 Å². The predicted octanol–water partition coefficient (Wildman–Crippen LogP) is 4.72. The van der Waals surface area contributed by atoms with E-state index in [2.05, 4.69) is 106 Å². The molecule has 0 amide bonds. The molecule has 1 aliphatic heterocycles. The second-order valence-corrected chi connectivity index (χ2v) is 9.56. The van der Waals surface area contributed by atoms with Gasteiger partial charge in [0.2, 0.25) is 0 Å². The second kappa shape index (κ2) is 11.3. The SMILES string of the molecule is Cc1cccc(C)c1-n1nnnc1C1CN(CC=Cc2ccccc2)CCN1Cc1cccc(C#N)c1. The van der Waals surface area contributed by atoms with E-state index in [1.807, 2.05) is 28.9 Å². The molecule has 7 nitrogen and oxygen atoms in total. The fourth-order valence-corrected chi connectivity index (χ4v) is 5.05. The van der Waals surface area contributed by atoms with Crippen molar-refractivity contribution >= 4 is 6.08 Å². The maximum absolute atomic E-state index is 9.38. The number of nitrogens with zero attached hydrogens (tertiary/aromatic N) is 7. The molecule has 1 atom stereocenters. The Balaban J connectivity index is 1.44. The minimum Gasteiger partial charge on any atom is -0.296 e. The van der Waals surface area contributed by atoms with Crippen LogP contribution in [0.4, 0.5) is 0 Å². The monoisotopic (exact) mass is 489 g/mol. The maximum atomic E-state index is 9.38. The molecule has 37 heavy (non-hydrogen) atoms. The summed E-state index contributed by atoms with van der Waals surface area (Å²) in [4.78, 5) is 4.89. The van der Waals surface area contributed by atoms with E-state index in [0.717, 1.165) is 60.9 Å². The van der Waals surface area contributed by atoms with Gasteiger partial charge in [-0.15, -0.1) is 5.10 Å². The minimum absolute atomic E-state index is 0.00127. The first kappa shape index (κ1) is 24.6. The number of benzene rings is 3. The van der Waals surface area contributed by atoms with Gasteiger partial charge in [-0.25, -0.2) is 0 Å². The zero-order chi connectivity index (χ0) is 25.6. The molecule has 2 heterocycles. The highest BCUT2D eigenvalue weighted by molar-refractivity contribution is 5.49. The van der Waals surface area contributed by atoms with Crippen LogP contribution in [0.2, 0.25) is 0 Å². The molecule has 0 bridgehead atoms. The van der Waals surface area contributed by atoms with Crippen molar-refractivity contribution in [2.75, 3.05) is 26.2 Å². The van der Waals surface area contributed by atoms with Gasteiger partial charge in [0.05, 0.1) is 23.4 Å². The Bertz CT molecular complexity index is 1400. The molecular weight excluding hydrogens is 458 g/mol. The highest BCUT2D eigenvalue weighted by atomic mass is 15.6. The molecule has 0 N–H and O–H groups in total. The number of aromatic nitrogens is 4. The van der Waals surface area contributed by atoms with Crippen LogP contribution in [0, 0.1) is 25.2 Å². The van der Waals surface area contributed by atoms with Crippen molar-refractivity contribution in [3.8, 4) is 11.8 Å². The molecule has 1 aromatic heterocycles. The molecule has 1 aliphatic rings. The van der Waals surface area contributed by atoms with Crippen molar-refractivity contribution in [2.45, 2.75) is 26.4 Å². The number of tetrazole rings is 1. The Morgan fingerprint density at radius 2 is 1.76 bits per heavy atom. The maximum Gasteiger partial charge on any atom is 0.175 e. The number of hydrogen-bond acceptors (Lipinski definition) is 6. The quantitative estimate of drug-likeness (QED) is 0.374. The predicted molar refractivity (Wildman–Crippen MR) is 145 cm³/mol. The van der Waals surface area contributed by atoms with E-state index in [1.165, 1.54) is 5.56 Å². The summed E-state index contributed by atoms with van der Waals surface area (Å²) in [5, 5.41) is 22.5. The van der Waals surface area contributed by atoms with E-state index in [1.54, 1.807) is 0 Å². The molecule has 0 aliphatic carbocycles. The molecule has 4 aromatic rings. The van der Waals surface area contributed by atoms with E-state index in [4.69, 9.17) is 0 Å². The standard InChI is InChI=1S/C30H31N7/c1-23-9-6-10-24(2)29(23)37-30(32-33-34-37)28-22-35(16-8-15-25-11-4-3-5-12-25)17-18-36(28)21-27-14-7-13-26(19-27)20-31/h3-15,19,28H,16-18,21-22H2,1-2H3. The first-order chi connectivity index (χ1) is 18.1. The van der Waals surface area contributed by atoms with Gasteiger partial charge in [0.25, 0.3) is 0 Å². The fraction of sp³-hybridized carbons (Fsp3) is 0.267. The van der Waals surface area contributed by atoms with Gasteiger partial charge in [-0.1, -0.05) is 72.8 Å². The Labute approximate surface area is 218 Å². The van der Waals surface area contributed by atoms with Crippen molar-refractivity contribution < 1.29 is 0 Å². The van der Waals surface area contributed by atoms with Crippen LogP contribution in [0.1, 0.15) is 39.7 Å². The highest BCUT2D eigenvalue weighted by Gasteiger charge is 2.32. The summed E-state index contributed by atoms with van der Waals surface area (Å²) in [7, 11) is 0. The van der Waals surface area contributed by atoms with E-state index >= 15 is 0 Å². The van der Waals surface area contributed by atoms with Gasteiger partial charge in [0, 0.05) is 32.7 Å². The van der Waals surface area contributed by atoms with Gasteiger partial charge in [-0.05, 0) is 58.7 Å². The average Bonchev–Trinajstić information content (AvgIpc) is 3.39. The minimum atomic E-state index is -0.00127. The lowest BCUT2D eigenvalue weighted by Gasteiger charge is -2.40. The van der Waals surface area contributed by atoms with E-state index in [0.29, 0.717) is 5.56 Å². The van der Waals surface area contributed by atoms with Crippen molar-refractivity contribution in [1.82, 2.24) is 30.0 Å². The van der Waals surface area contributed by atoms with Crippen molar-refractivity contribution in [1.29, 1.82) is 5.26 Å². The van der Waals surface area contributed by atoms with E-state index in [-0.39, 0.29) is 6.04 Å². The van der Waals surface area contributed by atoms with Crippen LogP contribution in [0.15, 0.2) is 78.9 Å². The third-order valence-corrected chi connectivity index (χ3v) is 6.93. The smallest absolute Gasteiger partial charge is 0.175 e. The Morgan fingerprint density at radius 1 is 0.973 bits per heavy atom. The number of nitriles is 1. The molecular formula is C30H31N7. The van der Waals surface area contributed by atoms with Crippen LogP contribution in [0.25, 0.3) is 11.8 Å². The van der Waals surface area contributed by atoms with Gasteiger partial charge in [-0.3, -0.25) is 9.80 Å². The second-order valence-electron chi connectivity index (χ2n) is 9.56. The molecule has 3 aromatic carbocycles. The van der Waals surface area contributed by atoms with E-state index < -0.39 is 0 Å². The van der Waals surface area contributed by atoms with E-state index in [9.17, 15) is 5.26 Å². The van der Waals surface area contributed by atoms with Crippen LogP contribution in [0.5, 0.6) is 0 Å². The zero-order valence-electron chi connectivity index (χ0n) is 21.3. The normalized spacial score (nSPS) is 16.7. The summed E-state index contributed by atoms with van der Waals surface area (Å²) < 4.78 is 1.91. The molecule has 1 saturated heterocycles. The van der Waals surface area contributed by atoms with Crippen molar-refractivity contribution in [3.05, 3.63) is 113 Å². The number of aryl methyl sites for hydroxylation is 2. The van der Waals surface area contributed by atoms with Crippen LogP contribution in [-0.2, 0) is 6.54 Å². The van der Waals surface area contributed by atoms with Crippen LogP contribution in [-0.4, -0.2) is 56.2 Å². The molecule has 1 fully saturated rings. The van der Waals surface area contributed by atoms with Gasteiger partial charge >= 0.3 is 0 Å².